The number of rotatable bonds is 3. The minimum Gasteiger partial charge on any atom is -0.334 e. The van der Waals surface area contributed by atoms with E-state index in [4.69, 9.17) is 0 Å². The van der Waals surface area contributed by atoms with E-state index in [0.717, 1.165) is 30.6 Å². The maximum Gasteiger partial charge on any atom is 0.317 e. The van der Waals surface area contributed by atoms with E-state index >= 15 is 0 Å². The number of nitrogens with zero attached hydrogens (tertiary/aromatic N) is 1. The second kappa shape index (κ2) is 7.41. The van der Waals surface area contributed by atoms with Crippen molar-refractivity contribution < 1.29 is 4.79 Å². The molecule has 1 aromatic rings. The molecule has 0 radical (unpaired) electrons. The summed E-state index contributed by atoms with van der Waals surface area (Å²) in [7, 11) is 0. The van der Waals surface area contributed by atoms with Gasteiger partial charge in [0.1, 0.15) is 0 Å². The summed E-state index contributed by atoms with van der Waals surface area (Å²) in [5.74, 6) is 0.663. The van der Waals surface area contributed by atoms with Gasteiger partial charge in [0.25, 0.3) is 5.56 Å². The van der Waals surface area contributed by atoms with E-state index in [1.807, 2.05) is 24.8 Å². The number of hydrogen-bond acceptors (Lipinski definition) is 2. The molecule has 2 heterocycles. The molecule has 2 amide bonds. The third-order valence-corrected chi connectivity index (χ3v) is 5.66. The predicted octanol–water partition coefficient (Wildman–Crippen LogP) is 3.25. The van der Waals surface area contributed by atoms with Gasteiger partial charge < -0.3 is 15.2 Å². The molecule has 132 valence electrons. The maximum absolute atomic E-state index is 12.7. The molecule has 0 bridgehead atoms. The largest absolute Gasteiger partial charge is 0.334 e. The monoisotopic (exact) mass is 331 g/mol. The summed E-state index contributed by atoms with van der Waals surface area (Å²) in [6.45, 7) is 4.94. The lowest BCUT2D eigenvalue weighted by Gasteiger charge is -2.34. The Morgan fingerprint density at radius 2 is 1.96 bits per heavy atom. The van der Waals surface area contributed by atoms with E-state index in [0.29, 0.717) is 24.1 Å². The van der Waals surface area contributed by atoms with Gasteiger partial charge in [0.15, 0.2) is 0 Å². The molecule has 1 aliphatic heterocycles. The lowest BCUT2D eigenvalue weighted by atomic mass is 9.83. The van der Waals surface area contributed by atoms with Crippen LogP contribution < -0.4 is 10.9 Å². The molecule has 1 aliphatic carbocycles. The molecule has 1 saturated carbocycles. The number of likely N-dealkylation sites (tertiary alicyclic amines) is 1. The highest BCUT2D eigenvalue weighted by Gasteiger charge is 2.35. The Balaban J connectivity index is 1.63. The van der Waals surface area contributed by atoms with Crippen molar-refractivity contribution in [3.05, 3.63) is 33.2 Å². The minimum atomic E-state index is -0.0990. The number of H-pyrrole nitrogens is 1. The number of amides is 2. The average molecular weight is 331 g/mol. The van der Waals surface area contributed by atoms with Crippen molar-refractivity contribution >= 4 is 6.03 Å². The number of carbonyl (C=O) groups excluding carboxylic acids is 1. The summed E-state index contributed by atoms with van der Waals surface area (Å²) >= 11 is 0. The first-order valence-electron chi connectivity index (χ1n) is 9.30. The van der Waals surface area contributed by atoms with Crippen molar-refractivity contribution in [1.29, 1.82) is 0 Å². The first-order valence-corrected chi connectivity index (χ1v) is 9.30. The molecule has 2 N–H and O–H groups in total. The highest BCUT2D eigenvalue weighted by atomic mass is 16.2. The highest BCUT2D eigenvalue weighted by Crippen LogP contribution is 2.34. The predicted molar refractivity (Wildman–Crippen MR) is 95.1 cm³/mol. The zero-order valence-corrected chi connectivity index (χ0v) is 14.9. The number of urea groups is 1. The highest BCUT2D eigenvalue weighted by molar-refractivity contribution is 5.75. The lowest BCUT2D eigenvalue weighted by Crippen LogP contribution is -2.46. The van der Waals surface area contributed by atoms with Crippen LogP contribution in [0.4, 0.5) is 4.79 Å². The smallest absolute Gasteiger partial charge is 0.317 e. The van der Waals surface area contributed by atoms with Crippen LogP contribution in [0.3, 0.4) is 0 Å². The standard InChI is InChI=1S/C19H29N3O2/c1-13-11-14(2)21-18(23)16(13)12-20-19(24)22-10-6-9-17(22)15-7-4-3-5-8-15/h11,15,17H,3-10,12H2,1-2H3,(H,20,24)(H,21,23)/t17-/m1/s1. The van der Waals surface area contributed by atoms with Gasteiger partial charge in [-0.3, -0.25) is 4.79 Å². The molecule has 5 heteroatoms. The Kier molecular flexibility index (Phi) is 5.27. The van der Waals surface area contributed by atoms with Gasteiger partial charge in [-0.1, -0.05) is 19.3 Å². The second-order valence-corrected chi connectivity index (χ2v) is 7.40. The minimum absolute atomic E-state index is 0.0116. The van der Waals surface area contributed by atoms with Gasteiger partial charge in [-0.05, 0) is 57.1 Å². The summed E-state index contributed by atoms with van der Waals surface area (Å²) in [5, 5.41) is 2.98. The lowest BCUT2D eigenvalue weighted by molar-refractivity contribution is 0.156. The molecule has 1 saturated heterocycles. The number of aromatic nitrogens is 1. The van der Waals surface area contributed by atoms with Gasteiger partial charge in [-0.25, -0.2) is 4.79 Å². The van der Waals surface area contributed by atoms with E-state index in [2.05, 4.69) is 10.3 Å². The van der Waals surface area contributed by atoms with Crippen LogP contribution in [0.5, 0.6) is 0 Å². The number of pyridine rings is 1. The summed E-state index contributed by atoms with van der Waals surface area (Å²) in [4.78, 5) is 29.6. The fourth-order valence-corrected chi connectivity index (χ4v) is 4.42. The van der Waals surface area contributed by atoms with Crippen LogP contribution in [0.1, 0.15) is 61.8 Å². The molecule has 0 unspecified atom stereocenters. The van der Waals surface area contributed by atoms with Gasteiger partial charge in [-0.15, -0.1) is 0 Å². The van der Waals surface area contributed by atoms with Gasteiger partial charge in [0.2, 0.25) is 0 Å². The zero-order chi connectivity index (χ0) is 17.1. The van der Waals surface area contributed by atoms with Crippen molar-refractivity contribution in [3.8, 4) is 0 Å². The van der Waals surface area contributed by atoms with Crippen molar-refractivity contribution in [2.24, 2.45) is 5.92 Å². The van der Waals surface area contributed by atoms with Gasteiger partial charge in [0.05, 0.1) is 6.54 Å². The molecular weight excluding hydrogens is 302 g/mol. The van der Waals surface area contributed by atoms with E-state index in [1.54, 1.807) is 0 Å². The van der Waals surface area contributed by atoms with Crippen molar-refractivity contribution in [3.63, 3.8) is 0 Å². The molecule has 0 aromatic carbocycles. The van der Waals surface area contributed by atoms with Crippen molar-refractivity contribution in [1.82, 2.24) is 15.2 Å². The van der Waals surface area contributed by atoms with Crippen LogP contribution in [-0.2, 0) is 6.54 Å². The van der Waals surface area contributed by atoms with Gasteiger partial charge in [0, 0.05) is 23.8 Å². The van der Waals surface area contributed by atoms with Crippen molar-refractivity contribution in [2.75, 3.05) is 6.54 Å². The van der Waals surface area contributed by atoms with E-state index in [-0.39, 0.29) is 11.6 Å². The normalized spacial score (nSPS) is 21.9. The molecule has 3 rings (SSSR count). The molecule has 2 fully saturated rings. The molecule has 2 aliphatic rings. The first kappa shape index (κ1) is 17.1. The fourth-order valence-electron chi connectivity index (χ4n) is 4.42. The number of hydrogen-bond donors (Lipinski definition) is 2. The van der Waals surface area contributed by atoms with E-state index in [9.17, 15) is 9.59 Å². The quantitative estimate of drug-likeness (QED) is 0.893. The Bertz CT molecular complexity index is 647. The SMILES string of the molecule is Cc1cc(C)c(CNC(=O)N2CCC[C@@H]2C2CCCCC2)c(=O)[nH]1. The number of aromatic amines is 1. The van der Waals surface area contributed by atoms with Gasteiger partial charge in [-0.2, -0.15) is 0 Å². The molecule has 1 aromatic heterocycles. The molecule has 24 heavy (non-hydrogen) atoms. The zero-order valence-electron chi connectivity index (χ0n) is 14.9. The third kappa shape index (κ3) is 3.65. The Morgan fingerprint density at radius 3 is 2.67 bits per heavy atom. The van der Waals surface area contributed by atoms with Crippen LogP contribution in [0.2, 0.25) is 0 Å². The maximum atomic E-state index is 12.7. The van der Waals surface area contributed by atoms with Crippen LogP contribution in [0, 0.1) is 19.8 Å². The first-order chi connectivity index (χ1) is 11.6. The second-order valence-electron chi connectivity index (χ2n) is 7.40. The third-order valence-electron chi connectivity index (χ3n) is 5.66. The Labute approximate surface area is 143 Å². The van der Waals surface area contributed by atoms with Crippen LogP contribution >= 0.6 is 0 Å². The van der Waals surface area contributed by atoms with Crippen LogP contribution in [-0.4, -0.2) is 28.5 Å². The van der Waals surface area contributed by atoms with Crippen LogP contribution in [0.25, 0.3) is 0 Å². The summed E-state index contributed by atoms with van der Waals surface area (Å²) in [6, 6.07) is 2.33. The van der Waals surface area contributed by atoms with Crippen LogP contribution in [0.15, 0.2) is 10.9 Å². The molecule has 1 atom stereocenters. The van der Waals surface area contributed by atoms with Gasteiger partial charge >= 0.3 is 6.03 Å². The summed E-state index contributed by atoms with van der Waals surface area (Å²) < 4.78 is 0. The molecular formula is C19H29N3O2. The number of carbonyl (C=O) groups is 1. The fraction of sp³-hybridized carbons (Fsp3) is 0.684. The number of nitrogens with one attached hydrogen (secondary N) is 2. The number of aryl methyl sites for hydroxylation is 2. The molecule has 0 spiro atoms. The summed E-state index contributed by atoms with van der Waals surface area (Å²) in [6.07, 6.45) is 8.67. The topological polar surface area (TPSA) is 65.2 Å². The Hall–Kier alpha value is -1.78. The average Bonchev–Trinajstić information content (AvgIpc) is 3.04. The molecule has 5 nitrogen and oxygen atoms in total. The summed E-state index contributed by atoms with van der Waals surface area (Å²) in [5.41, 5.74) is 2.34. The Morgan fingerprint density at radius 1 is 1.21 bits per heavy atom. The van der Waals surface area contributed by atoms with Crippen molar-refractivity contribution in [2.45, 2.75) is 71.4 Å². The van der Waals surface area contributed by atoms with E-state index in [1.165, 1.54) is 32.1 Å². The van der Waals surface area contributed by atoms with E-state index < -0.39 is 0 Å².